The molecule has 28 heavy (non-hydrogen) atoms. The Labute approximate surface area is 172 Å². The highest BCUT2D eigenvalue weighted by Crippen LogP contribution is 2.22. The van der Waals surface area contributed by atoms with Gasteiger partial charge in [-0.05, 0) is 66.8 Å². The standard InChI is InChI=1S/C21H18FN3OS2/c22-15-9-11-17(12-10-15)23-20(26)14-28-19-8-4-7-18(13-19)25-21(27)24-16-5-2-1-3-6-16/h1-13H,14H2,(H,23,26)(H2,24,25,27). The molecule has 3 rings (SSSR count). The Morgan fingerprint density at radius 1 is 0.821 bits per heavy atom. The molecule has 0 aliphatic rings. The summed E-state index contributed by atoms with van der Waals surface area (Å²) < 4.78 is 12.9. The van der Waals surface area contributed by atoms with Crippen molar-refractivity contribution in [1.29, 1.82) is 0 Å². The fourth-order valence-corrected chi connectivity index (χ4v) is 3.35. The van der Waals surface area contributed by atoms with Crippen LogP contribution in [0.3, 0.4) is 0 Å². The zero-order valence-electron chi connectivity index (χ0n) is 14.8. The summed E-state index contributed by atoms with van der Waals surface area (Å²) in [6.45, 7) is 0. The Morgan fingerprint density at radius 3 is 2.21 bits per heavy atom. The van der Waals surface area contributed by atoms with Crippen LogP contribution in [0.1, 0.15) is 0 Å². The van der Waals surface area contributed by atoms with E-state index in [1.165, 1.54) is 36.0 Å². The largest absolute Gasteiger partial charge is 0.332 e. The molecule has 0 saturated heterocycles. The predicted octanol–water partition coefficient (Wildman–Crippen LogP) is 5.37. The number of halogens is 1. The molecule has 0 spiro atoms. The van der Waals surface area contributed by atoms with Gasteiger partial charge in [-0.2, -0.15) is 0 Å². The first kappa shape index (κ1) is 19.9. The van der Waals surface area contributed by atoms with Crippen molar-refractivity contribution in [1.82, 2.24) is 0 Å². The number of hydrogen-bond donors (Lipinski definition) is 3. The average Bonchev–Trinajstić information content (AvgIpc) is 2.69. The number of para-hydroxylation sites is 1. The van der Waals surface area contributed by atoms with Crippen LogP contribution in [-0.4, -0.2) is 16.8 Å². The zero-order chi connectivity index (χ0) is 19.8. The minimum atomic E-state index is -0.337. The number of thiocarbonyl (C=S) groups is 1. The van der Waals surface area contributed by atoms with Gasteiger partial charge < -0.3 is 16.0 Å². The van der Waals surface area contributed by atoms with E-state index >= 15 is 0 Å². The van der Waals surface area contributed by atoms with E-state index in [0.717, 1.165) is 16.3 Å². The number of hydrogen-bond acceptors (Lipinski definition) is 3. The van der Waals surface area contributed by atoms with Gasteiger partial charge in [-0.15, -0.1) is 11.8 Å². The first-order chi connectivity index (χ1) is 13.6. The zero-order valence-corrected chi connectivity index (χ0v) is 16.4. The average molecular weight is 412 g/mol. The van der Waals surface area contributed by atoms with E-state index in [1.807, 2.05) is 54.6 Å². The highest BCUT2D eigenvalue weighted by molar-refractivity contribution is 8.00. The van der Waals surface area contributed by atoms with Gasteiger partial charge in [0.05, 0.1) is 5.75 Å². The molecule has 0 aromatic heterocycles. The number of thioether (sulfide) groups is 1. The van der Waals surface area contributed by atoms with Crippen molar-refractivity contribution in [3.8, 4) is 0 Å². The molecule has 7 heteroatoms. The van der Waals surface area contributed by atoms with E-state index in [9.17, 15) is 9.18 Å². The summed E-state index contributed by atoms with van der Waals surface area (Å²) in [7, 11) is 0. The van der Waals surface area contributed by atoms with Crippen LogP contribution < -0.4 is 16.0 Å². The summed E-state index contributed by atoms with van der Waals surface area (Å²) in [6.07, 6.45) is 0. The lowest BCUT2D eigenvalue weighted by atomic mass is 10.3. The number of amides is 1. The molecule has 3 N–H and O–H groups in total. The van der Waals surface area contributed by atoms with Crippen LogP contribution in [0.5, 0.6) is 0 Å². The van der Waals surface area contributed by atoms with Crippen molar-refractivity contribution >= 4 is 52.1 Å². The van der Waals surface area contributed by atoms with E-state index in [2.05, 4.69) is 16.0 Å². The van der Waals surface area contributed by atoms with Crippen molar-refractivity contribution in [3.63, 3.8) is 0 Å². The van der Waals surface area contributed by atoms with Gasteiger partial charge in [-0.3, -0.25) is 4.79 Å². The van der Waals surface area contributed by atoms with Crippen molar-refractivity contribution in [2.24, 2.45) is 0 Å². The fourth-order valence-electron chi connectivity index (χ4n) is 2.36. The number of carbonyl (C=O) groups is 1. The predicted molar refractivity (Wildman–Crippen MR) is 118 cm³/mol. The molecule has 0 saturated carbocycles. The summed E-state index contributed by atoms with van der Waals surface area (Å²) in [5.74, 6) is -0.249. The Balaban J connectivity index is 1.50. The van der Waals surface area contributed by atoms with E-state index in [-0.39, 0.29) is 17.5 Å². The fraction of sp³-hybridized carbons (Fsp3) is 0.0476. The molecule has 0 unspecified atom stereocenters. The summed E-state index contributed by atoms with van der Waals surface area (Å²) >= 11 is 6.74. The topological polar surface area (TPSA) is 53.2 Å². The lowest BCUT2D eigenvalue weighted by Crippen LogP contribution is -2.19. The van der Waals surface area contributed by atoms with Crippen molar-refractivity contribution in [2.45, 2.75) is 4.90 Å². The second-order valence-electron chi connectivity index (χ2n) is 5.82. The van der Waals surface area contributed by atoms with Gasteiger partial charge in [0, 0.05) is 22.0 Å². The first-order valence-corrected chi connectivity index (χ1v) is 9.89. The van der Waals surface area contributed by atoms with Crippen LogP contribution in [0.25, 0.3) is 0 Å². The summed E-state index contributed by atoms with van der Waals surface area (Å²) in [6, 6.07) is 23.0. The van der Waals surface area contributed by atoms with Crippen LogP contribution >= 0.6 is 24.0 Å². The van der Waals surface area contributed by atoms with E-state index in [4.69, 9.17) is 12.2 Å². The third kappa shape index (κ3) is 6.37. The van der Waals surface area contributed by atoms with Gasteiger partial charge in [0.1, 0.15) is 5.82 Å². The molecule has 0 aliphatic heterocycles. The molecular formula is C21H18FN3OS2. The monoisotopic (exact) mass is 411 g/mol. The van der Waals surface area contributed by atoms with Crippen molar-refractivity contribution < 1.29 is 9.18 Å². The third-order valence-corrected chi connectivity index (χ3v) is 4.82. The summed E-state index contributed by atoms with van der Waals surface area (Å²) in [4.78, 5) is 13.0. The molecule has 0 fully saturated rings. The van der Waals surface area contributed by atoms with Crippen LogP contribution in [0.2, 0.25) is 0 Å². The number of rotatable bonds is 6. The molecule has 0 heterocycles. The maximum Gasteiger partial charge on any atom is 0.234 e. The normalized spacial score (nSPS) is 10.2. The maximum absolute atomic E-state index is 12.9. The lowest BCUT2D eigenvalue weighted by Gasteiger charge is -2.11. The second kappa shape index (κ2) is 9.87. The number of nitrogens with one attached hydrogen (secondary N) is 3. The second-order valence-corrected chi connectivity index (χ2v) is 7.27. The molecule has 3 aromatic carbocycles. The molecule has 3 aromatic rings. The van der Waals surface area contributed by atoms with Crippen molar-refractivity contribution in [2.75, 3.05) is 21.7 Å². The van der Waals surface area contributed by atoms with Gasteiger partial charge >= 0.3 is 0 Å². The number of carbonyl (C=O) groups excluding carboxylic acids is 1. The van der Waals surface area contributed by atoms with Gasteiger partial charge in [0.15, 0.2) is 5.11 Å². The number of anilines is 3. The third-order valence-electron chi connectivity index (χ3n) is 3.62. The first-order valence-electron chi connectivity index (χ1n) is 8.50. The SMILES string of the molecule is O=C(CSc1cccc(NC(=S)Nc2ccccc2)c1)Nc1ccc(F)cc1. The van der Waals surface area contributed by atoms with Crippen LogP contribution in [0.15, 0.2) is 83.8 Å². The van der Waals surface area contributed by atoms with E-state index < -0.39 is 0 Å². The smallest absolute Gasteiger partial charge is 0.234 e. The highest BCUT2D eigenvalue weighted by atomic mass is 32.2. The van der Waals surface area contributed by atoms with Crippen LogP contribution in [0.4, 0.5) is 21.5 Å². The molecule has 142 valence electrons. The Kier molecular flexibility index (Phi) is 7.00. The molecule has 1 amide bonds. The molecule has 0 atom stereocenters. The number of benzene rings is 3. The highest BCUT2D eigenvalue weighted by Gasteiger charge is 2.05. The quantitative estimate of drug-likeness (QED) is 0.376. The molecular weight excluding hydrogens is 393 g/mol. The van der Waals surface area contributed by atoms with Gasteiger partial charge in [-0.1, -0.05) is 24.3 Å². The van der Waals surface area contributed by atoms with E-state index in [0.29, 0.717) is 10.8 Å². The molecule has 0 radical (unpaired) electrons. The summed E-state index contributed by atoms with van der Waals surface area (Å²) in [5, 5.41) is 9.48. The Morgan fingerprint density at radius 2 is 1.46 bits per heavy atom. The Hall–Kier alpha value is -2.90. The Bertz CT molecular complexity index is 949. The van der Waals surface area contributed by atoms with Gasteiger partial charge in [0.25, 0.3) is 0 Å². The molecule has 4 nitrogen and oxygen atoms in total. The minimum absolute atomic E-state index is 0.156. The minimum Gasteiger partial charge on any atom is -0.332 e. The van der Waals surface area contributed by atoms with Gasteiger partial charge in [0.2, 0.25) is 5.91 Å². The van der Waals surface area contributed by atoms with Gasteiger partial charge in [-0.25, -0.2) is 4.39 Å². The van der Waals surface area contributed by atoms with E-state index in [1.54, 1.807) is 0 Å². The maximum atomic E-state index is 12.9. The van der Waals surface area contributed by atoms with Crippen LogP contribution in [-0.2, 0) is 4.79 Å². The molecule has 0 aliphatic carbocycles. The van der Waals surface area contributed by atoms with Crippen LogP contribution in [0, 0.1) is 5.82 Å². The lowest BCUT2D eigenvalue weighted by molar-refractivity contribution is -0.113. The van der Waals surface area contributed by atoms with Crippen molar-refractivity contribution in [3.05, 3.63) is 84.7 Å². The summed E-state index contributed by atoms with van der Waals surface area (Å²) in [5.41, 5.74) is 2.31. The molecule has 0 bridgehead atoms.